The lowest BCUT2D eigenvalue weighted by atomic mass is 9.99. The molecule has 0 aromatic heterocycles. The van der Waals surface area contributed by atoms with Gasteiger partial charge in [-0.05, 0) is 24.2 Å². The van der Waals surface area contributed by atoms with Crippen molar-refractivity contribution in [2.75, 3.05) is 13.2 Å². The zero-order valence-electron chi connectivity index (χ0n) is 13.6. The highest BCUT2D eigenvalue weighted by atomic mass is 16.6. The maximum atomic E-state index is 11.9. The zero-order valence-corrected chi connectivity index (χ0v) is 13.6. The van der Waals surface area contributed by atoms with E-state index in [0.29, 0.717) is 19.6 Å². The van der Waals surface area contributed by atoms with Crippen LogP contribution in [0.2, 0.25) is 0 Å². The molecule has 0 aliphatic rings. The molecule has 118 valence electrons. The van der Waals surface area contributed by atoms with Gasteiger partial charge in [-0.2, -0.15) is 0 Å². The molecule has 0 aliphatic carbocycles. The molecule has 1 amide bonds. The van der Waals surface area contributed by atoms with Crippen LogP contribution in [0.25, 0.3) is 0 Å². The van der Waals surface area contributed by atoms with Crippen LogP contribution < -0.4 is 5.32 Å². The third kappa shape index (κ3) is 9.64. The first kappa shape index (κ1) is 18.7. The molecule has 1 unspecified atom stereocenters. The summed E-state index contributed by atoms with van der Waals surface area (Å²) in [5.74, 6) is -0.120. The molecule has 5 nitrogen and oxygen atoms in total. The summed E-state index contributed by atoms with van der Waals surface area (Å²) in [7, 11) is 0. The maximum Gasteiger partial charge on any atom is 0.407 e. The van der Waals surface area contributed by atoms with Gasteiger partial charge in [0.1, 0.15) is 6.04 Å². The summed E-state index contributed by atoms with van der Waals surface area (Å²) in [5.41, 5.74) is -0.104. The van der Waals surface area contributed by atoms with Gasteiger partial charge in [0, 0.05) is 0 Å². The monoisotopic (exact) mass is 287 g/mol. The molecule has 0 saturated heterocycles. The molecular formula is C15H29NO4. The summed E-state index contributed by atoms with van der Waals surface area (Å²) < 4.78 is 10.2. The summed E-state index contributed by atoms with van der Waals surface area (Å²) in [6.45, 7) is 12.5. The van der Waals surface area contributed by atoms with Crippen molar-refractivity contribution in [3.8, 4) is 0 Å². The van der Waals surface area contributed by atoms with E-state index in [4.69, 9.17) is 9.47 Å². The number of carbonyl (C=O) groups is 2. The molecule has 0 aromatic carbocycles. The highest BCUT2D eigenvalue weighted by Crippen LogP contribution is 2.13. The van der Waals surface area contributed by atoms with E-state index in [1.165, 1.54) is 0 Å². The van der Waals surface area contributed by atoms with Crippen molar-refractivity contribution in [1.29, 1.82) is 0 Å². The standard InChI is InChI=1S/C15H29NO4/c1-7-8-19-13(17)12(9-11(2)3)16-14(18)20-10-15(4,5)6/h11-12H,7-10H2,1-6H3,(H,16,18). The lowest BCUT2D eigenvalue weighted by Crippen LogP contribution is -2.43. The van der Waals surface area contributed by atoms with E-state index in [1.807, 2.05) is 41.5 Å². The van der Waals surface area contributed by atoms with Crippen LogP contribution in [0.4, 0.5) is 4.79 Å². The van der Waals surface area contributed by atoms with E-state index in [0.717, 1.165) is 6.42 Å². The van der Waals surface area contributed by atoms with E-state index in [-0.39, 0.29) is 11.3 Å². The van der Waals surface area contributed by atoms with Crippen molar-refractivity contribution >= 4 is 12.1 Å². The van der Waals surface area contributed by atoms with Crippen molar-refractivity contribution in [3.05, 3.63) is 0 Å². The average Bonchev–Trinajstić information content (AvgIpc) is 2.31. The molecule has 1 atom stereocenters. The molecule has 0 spiro atoms. The first-order valence-electron chi connectivity index (χ1n) is 7.25. The van der Waals surface area contributed by atoms with E-state index >= 15 is 0 Å². The van der Waals surface area contributed by atoms with Crippen LogP contribution in [0, 0.1) is 11.3 Å². The quantitative estimate of drug-likeness (QED) is 0.731. The first-order valence-corrected chi connectivity index (χ1v) is 7.25. The second-order valence-corrected chi connectivity index (χ2v) is 6.63. The highest BCUT2D eigenvalue weighted by molar-refractivity contribution is 5.81. The number of nitrogens with one attached hydrogen (secondary N) is 1. The number of alkyl carbamates (subject to hydrolysis) is 1. The Morgan fingerprint density at radius 1 is 1.15 bits per heavy atom. The molecule has 0 aliphatic heterocycles. The van der Waals surface area contributed by atoms with Crippen LogP contribution >= 0.6 is 0 Å². The minimum absolute atomic E-state index is 0.104. The minimum Gasteiger partial charge on any atom is -0.464 e. The Morgan fingerprint density at radius 2 is 1.75 bits per heavy atom. The highest BCUT2D eigenvalue weighted by Gasteiger charge is 2.24. The van der Waals surface area contributed by atoms with Crippen molar-refractivity contribution < 1.29 is 19.1 Å². The van der Waals surface area contributed by atoms with Crippen LogP contribution in [0.5, 0.6) is 0 Å². The van der Waals surface area contributed by atoms with Crippen LogP contribution in [0.3, 0.4) is 0 Å². The second kappa shape index (κ2) is 8.82. The lowest BCUT2D eigenvalue weighted by Gasteiger charge is -2.21. The summed E-state index contributed by atoms with van der Waals surface area (Å²) >= 11 is 0. The predicted octanol–water partition coefficient (Wildman–Crippen LogP) is 3.13. The Morgan fingerprint density at radius 3 is 2.20 bits per heavy atom. The van der Waals surface area contributed by atoms with Gasteiger partial charge < -0.3 is 14.8 Å². The van der Waals surface area contributed by atoms with E-state index in [2.05, 4.69) is 5.32 Å². The van der Waals surface area contributed by atoms with Gasteiger partial charge in [0.25, 0.3) is 0 Å². The molecule has 0 fully saturated rings. The predicted molar refractivity (Wildman–Crippen MR) is 78.4 cm³/mol. The van der Waals surface area contributed by atoms with E-state index in [9.17, 15) is 9.59 Å². The van der Waals surface area contributed by atoms with Crippen molar-refractivity contribution in [2.24, 2.45) is 11.3 Å². The minimum atomic E-state index is -0.644. The Kier molecular flexibility index (Phi) is 8.26. The summed E-state index contributed by atoms with van der Waals surface area (Å²) in [5, 5.41) is 2.59. The number of rotatable bonds is 7. The number of carbonyl (C=O) groups excluding carboxylic acids is 2. The fourth-order valence-corrected chi connectivity index (χ4v) is 1.45. The third-order valence-electron chi connectivity index (χ3n) is 2.37. The summed E-state index contributed by atoms with van der Waals surface area (Å²) in [4.78, 5) is 23.6. The maximum absolute atomic E-state index is 11.9. The number of hydrogen-bond donors (Lipinski definition) is 1. The molecule has 0 saturated carbocycles. The van der Waals surface area contributed by atoms with Crippen LogP contribution in [-0.4, -0.2) is 31.3 Å². The SMILES string of the molecule is CCCOC(=O)C(CC(C)C)NC(=O)OCC(C)(C)C. The van der Waals surface area contributed by atoms with Crippen LogP contribution in [0.1, 0.15) is 54.4 Å². The van der Waals surface area contributed by atoms with Gasteiger partial charge in [-0.25, -0.2) is 9.59 Å². The Bertz CT molecular complexity index is 307. The number of ether oxygens (including phenoxy) is 2. The first-order chi connectivity index (χ1) is 9.15. The van der Waals surface area contributed by atoms with Crippen molar-refractivity contribution in [2.45, 2.75) is 60.4 Å². The van der Waals surface area contributed by atoms with Gasteiger partial charge >= 0.3 is 12.1 Å². The van der Waals surface area contributed by atoms with E-state index < -0.39 is 18.1 Å². The summed E-state index contributed by atoms with van der Waals surface area (Å²) in [6.07, 6.45) is 0.723. The van der Waals surface area contributed by atoms with Gasteiger partial charge in [-0.1, -0.05) is 41.5 Å². The molecule has 0 heterocycles. The normalized spacial score (nSPS) is 12.9. The second-order valence-electron chi connectivity index (χ2n) is 6.63. The molecular weight excluding hydrogens is 258 g/mol. The van der Waals surface area contributed by atoms with Gasteiger partial charge in [-0.15, -0.1) is 0 Å². The van der Waals surface area contributed by atoms with Gasteiger partial charge in [0.05, 0.1) is 13.2 Å². The molecule has 0 radical (unpaired) electrons. The Hall–Kier alpha value is -1.26. The van der Waals surface area contributed by atoms with Crippen LogP contribution in [0.15, 0.2) is 0 Å². The van der Waals surface area contributed by atoms with Crippen molar-refractivity contribution in [1.82, 2.24) is 5.32 Å². The Balaban J connectivity index is 4.41. The number of esters is 1. The fourth-order valence-electron chi connectivity index (χ4n) is 1.45. The molecule has 5 heteroatoms. The molecule has 1 N–H and O–H groups in total. The number of amides is 1. The average molecular weight is 287 g/mol. The third-order valence-corrected chi connectivity index (χ3v) is 2.37. The van der Waals surface area contributed by atoms with E-state index in [1.54, 1.807) is 0 Å². The molecule has 20 heavy (non-hydrogen) atoms. The Labute approximate surface area is 122 Å². The fraction of sp³-hybridized carbons (Fsp3) is 0.867. The van der Waals surface area contributed by atoms with Gasteiger partial charge in [0.15, 0.2) is 0 Å². The van der Waals surface area contributed by atoms with Gasteiger partial charge in [-0.3, -0.25) is 0 Å². The van der Waals surface area contributed by atoms with Gasteiger partial charge in [0.2, 0.25) is 0 Å². The molecule has 0 rings (SSSR count). The van der Waals surface area contributed by atoms with Crippen LogP contribution in [-0.2, 0) is 14.3 Å². The molecule has 0 aromatic rings. The lowest BCUT2D eigenvalue weighted by molar-refractivity contribution is -0.146. The molecule has 0 bridgehead atoms. The topological polar surface area (TPSA) is 64.6 Å². The number of hydrogen-bond acceptors (Lipinski definition) is 4. The van der Waals surface area contributed by atoms with Crippen molar-refractivity contribution in [3.63, 3.8) is 0 Å². The zero-order chi connectivity index (χ0) is 15.8. The summed E-state index contributed by atoms with van der Waals surface area (Å²) in [6, 6.07) is -0.644. The largest absolute Gasteiger partial charge is 0.464 e. The smallest absolute Gasteiger partial charge is 0.407 e.